The Morgan fingerprint density at radius 3 is 2.47 bits per heavy atom. The molecule has 0 aliphatic heterocycles. The molecule has 3 N–H and O–H groups in total. The number of aromatic hydroxyl groups is 1. The second-order valence-electron chi connectivity index (χ2n) is 5.65. The van der Waals surface area contributed by atoms with Crippen LogP contribution in [0.25, 0.3) is 0 Å². The lowest BCUT2D eigenvalue weighted by Gasteiger charge is -2.25. The molecule has 0 radical (unpaired) electrons. The third-order valence-electron chi connectivity index (χ3n) is 2.57. The van der Waals surface area contributed by atoms with E-state index in [0.29, 0.717) is 24.8 Å². The number of para-hydroxylation sites is 2. The molecule has 1 rings (SSSR count). The minimum absolute atomic E-state index is 0.180. The first kappa shape index (κ1) is 13.8. The summed E-state index contributed by atoms with van der Waals surface area (Å²) in [5.41, 5.74) is 5.98. The van der Waals surface area contributed by atoms with Crippen LogP contribution in [-0.2, 0) is 0 Å². The van der Waals surface area contributed by atoms with Gasteiger partial charge in [0.05, 0.1) is 6.61 Å². The topological polar surface area (TPSA) is 55.5 Å². The van der Waals surface area contributed by atoms with Crippen molar-refractivity contribution >= 4 is 0 Å². The van der Waals surface area contributed by atoms with Crippen molar-refractivity contribution in [1.29, 1.82) is 0 Å². The van der Waals surface area contributed by atoms with E-state index in [-0.39, 0.29) is 11.2 Å². The first-order valence-corrected chi connectivity index (χ1v) is 6.03. The lowest BCUT2D eigenvalue weighted by Crippen LogP contribution is -2.26. The van der Waals surface area contributed by atoms with Crippen LogP contribution in [0.1, 0.15) is 27.2 Å². The van der Waals surface area contributed by atoms with Gasteiger partial charge in [-0.15, -0.1) is 0 Å². The normalized spacial score (nSPS) is 13.4. The van der Waals surface area contributed by atoms with Crippen LogP contribution in [0.4, 0.5) is 0 Å². The maximum Gasteiger partial charge on any atom is 0.160 e. The fourth-order valence-electron chi connectivity index (χ4n) is 1.86. The summed E-state index contributed by atoms with van der Waals surface area (Å²) in [7, 11) is 0. The Morgan fingerprint density at radius 2 is 1.94 bits per heavy atom. The lowest BCUT2D eigenvalue weighted by molar-refractivity contribution is 0.195. The van der Waals surface area contributed by atoms with E-state index in [4.69, 9.17) is 10.5 Å². The quantitative estimate of drug-likeness (QED) is 0.828. The lowest BCUT2D eigenvalue weighted by atomic mass is 9.85. The van der Waals surface area contributed by atoms with Crippen molar-refractivity contribution in [2.75, 3.05) is 13.2 Å². The molecule has 3 nitrogen and oxygen atoms in total. The van der Waals surface area contributed by atoms with Gasteiger partial charge in [-0.3, -0.25) is 0 Å². The van der Waals surface area contributed by atoms with Crippen LogP contribution in [0.3, 0.4) is 0 Å². The van der Waals surface area contributed by atoms with Crippen LogP contribution in [0.15, 0.2) is 24.3 Å². The zero-order chi connectivity index (χ0) is 12.9. The van der Waals surface area contributed by atoms with E-state index in [9.17, 15) is 5.11 Å². The average Bonchev–Trinajstić information content (AvgIpc) is 2.24. The fourth-order valence-corrected chi connectivity index (χ4v) is 1.86. The van der Waals surface area contributed by atoms with E-state index in [1.165, 1.54) is 0 Å². The standard InChI is InChI=1S/C14H23NO2/c1-14(2,3)8-11(9-15)10-17-13-7-5-4-6-12(13)16/h4-7,11,16H,8-10,15H2,1-3H3. The maximum atomic E-state index is 9.57. The predicted octanol–water partition coefficient (Wildman–Crippen LogP) is 2.78. The highest BCUT2D eigenvalue weighted by atomic mass is 16.5. The van der Waals surface area contributed by atoms with Gasteiger partial charge >= 0.3 is 0 Å². The highest BCUT2D eigenvalue weighted by Gasteiger charge is 2.18. The Kier molecular flexibility index (Phi) is 4.82. The molecule has 0 fully saturated rings. The van der Waals surface area contributed by atoms with E-state index >= 15 is 0 Å². The number of rotatable bonds is 5. The number of hydrogen-bond acceptors (Lipinski definition) is 3. The van der Waals surface area contributed by atoms with Crippen LogP contribution < -0.4 is 10.5 Å². The van der Waals surface area contributed by atoms with Gasteiger partial charge in [0.2, 0.25) is 0 Å². The molecule has 0 aliphatic rings. The molecule has 1 unspecified atom stereocenters. The molecule has 0 spiro atoms. The third-order valence-corrected chi connectivity index (χ3v) is 2.57. The molecule has 0 aromatic heterocycles. The molecule has 0 saturated carbocycles. The van der Waals surface area contributed by atoms with Gasteiger partial charge in [0.25, 0.3) is 0 Å². The van der Waals surface area contributed by atoms with Crippen molar-refractivity contribution in [1.82, 2.24) is 0 Å². The largest absolute Gasteiger partial charge is 0.504 e. The zero-order valence-corrected chi connectivity index (χ0v) is 10.9. The van der Waals surface area contributed by atoms with Crippen LogP contribution >= 0.6 is 0 Å². The van der Waals surface area contributed by atoms with E-state index < -0.39 is 0 Å². The number of hydrogen-bond donors (Lipinski definition) is 2. The number of phenolic OH excluding ortho intramolecular Hbond substituents is 1. The first-order chi connectivity index (χ1) is 7.92. The van der Waals surface area contributed by atoms with Gasteiger partial charge in [0.15, 0.2) is 11.5 Å². The van der Waals surface area contributed by atoms with Gasteiger partial charge in [-0.1, -0.05) is 32.9 Å². The fraction of sp³-hybridized carbons (Fsp3) is 0.571. The minimum Gasteiger partial charge on any atom is -0.504 e. The van der Waals surface area contributed by atoms with Crippen LogP contribution in [0.2, 0.25) is 0 Å². The molecule has 17 heavy (non-hydrogen) atoms. The highest BCUT2D eigenvalue weighted by molar-refractivity contribution is 5.37. The van der Waals surface area contributed by atoms with Crippen molar-refractivity contribution in [3.05, 3.63) is 24.3 Å². The van der Waals surface area contributed by atoms with Crippen LogP contribution in [0, 0.1) is 11.3 Å². The summed E-state index contributed by atoms with van der Waals surface area (Å²) in [6, 6.07) is 7.00. The molecule has 3 heteroatoms. The SMILES string of the molecule is CC(C)(C)CC(CN)COc1ccccc1O. The van der Waals surface area contributed by atoms with Crippen molar-refractivity contribution in [2.24, 2.45) is 17.1 Å². The van der Waals surface area contributed by atoms with Gasteiger partial charge in [0.1, 0.15) is 0 Å². The van der Waals surface area contributed by atoms with Gasteiger partial charge in [-0.05, 0) is 30.5 Å². The predicted molar refractivity (Wildman–Crippen MR) is 70.2 cm³/mol. The summed E-state index contributed by atoms with van der Waals surface area (Å²) in [6.07, 6.45) is 1.01. The Bertz CT molecular complexity index is 344. The summed E-state index contributed by atoms with van der Waals surface area (Å²) < 4.78 is 5.61. The Morgan fingerprint density at radius 1 is 1.29 bits per heavy atom. The monoisotopic (exact) mass is 237 g/mol. The van der Waals surface area contributed by atoms with Crippen molar-refractivity contribution < 1.29 is 9.84 Å². The third kappa shape index (κ3) is 5.09. The Hall–Kier alpha value is -1.22. The van der Waals surface area contributed by atoms with Gasteiger partial charge in [-0.2, -0.15) is 0 Å². The van der Waals surface area contributed by atoms with Crippen LogP contribution in [-0.4, -0.2) is 18.3 Å². The second-order valence-corrected chi connectivity index (χ2v) is 5.65. The van der Waals surface area contributed by atoms with E-state index in [1.807, 2.05) is 6.07 Å². The molecule has 1 aromatic carbocycles. The summed E-state index contributed by atoms with van der Waals surface area (Å²) >= 11 is 0. The van der Waals surface area contributed by atoms with Gasteiger partial charge in [0, 0.05) is 5.92 Å². The molecule has 0 saturated heterocycles. The van der Waals surface area contributed by atoms with Gasteiger partial charge < -0.3 is 15.6 Å². The molecule has 0 heterocycles. The molecule has 1 aromatic rings. The number of benzene rings is 1. The average molecular weight is 237 g/mol. The summed E-state index contributed by atoms with van der Waals surface area (Å²) in [6.45, 7) is 7.72. The smallest absolute Gasteiger partial charge is 0.160 e. The summed E-state index contributed by atoms with van der Waals surface area (Å²) in [4.78, 5) is 0. The molecular weight excluding hydrogens is 214 g/mol. The highest BCUT2D eigenvalue weighted by Crippen LogP contribution is 2.27. The number of nitrogens with two attached hydrogens (primary N) is 1. The molecule has 96 valence electrons. The summed E-state index contributed by atoms with van der Waals surface area (Å²) in [5.74, 6) is 1.02. The second kappa shape index (κ2) is 5.92. The summed E-state index contributed by atoms with van der Waals surface area (Å²) in [5, 5.41) is 9.57. The zero-order valence-electron chi connectivity index (χ0n) is 10.9. The Balaban J connectivity index is 2.51. The maximum absolute atomic E-state index is 9.57. The van der Waals surface area contributed by atoms with Crippen molar-refractivity contribution in [3.8, 4) is 11.5 Å². The first-order valence-electron chi connectivity index (χ1n) is 6.03. The molecule has 1 atom stereocenters. The molecule has 0 aliphatic carbocycles. The van der Waals surface area contributed by atoms with E-state index in [2.05, 4.69) is 20.8 Å². The van der Waals surface area contributed by atoms with Crippen molar-refractivity contribution in [2.45, 2.75) is 27.2 Å². The molecule has 0 bridgehead atoms. The van der Waals surface area contributed by atoms with E-state index in [1.54, 1.807) is 18.2 Å². The minimum atomic E-state index is 0.180. The molecule has 0 amide bonds. The number of phenols is 1. The van der Waals surface area contributed by atoms with Gasteiger partial charge in [-0.25, -0.2) is 0 Å². The molecular formula is C14H23NO2. The van der Waals surface area contributed by atoms with Crippen LogP contribution in [0.5, 0.6) is 11.5 Å². The van der Waals surface area contributed by atoms with E-state index in [0.717, 1.165) is 6.42 Å². The Labute approximate surface area is 104 Å². The number of ether oxygens (including phenoxy) is 1. The van der Waals surface area contributed by atoms with Crippen molar-refractivity contribution in [3.63, 3.8) is 0 Å².